The summed E-state index contributed by atoms with van der Waals surface area (Å²) in [6, 6.07) is 14.3. The second-order valence-electron chi connectivity index (χ2n) is 6.00. The molecule has 9 heteroatoms. The number of pyridine rings is 1. The van der Waals surface area contributed by atoms with Gasteiger partial charge in [0.05, 0.1) is 0 Å². The molecule has 1 heterocycles. The number of carbonyl (C=O) groups excluding carboxylic acids is 3. The molecule has 30 heavy (non-hydrogen) atoms. The number of hydrazine groups is 1. The van der Waals surface area contributed by atoms with Crippen LogP contribution in [0.3, 0.4) is 0 Å². The van der Waals surface area contributed by atoms with Gasteiger partial charge in [-0.05, 0) is 42.5 Å². The minimum atomic E-state index is -0.659. The second-order valence-corrected chi connectivity index (χ2v) is 6.00. The minimum Gasteiger partial charge on any atom is -0.457 e. The van der Waals surface area contributed by atoms with Gasteiger partial charge in [0.1, 0.15) is 23.0 Å². The first kappa shape index (κ1) is 20.5. The largest absolute Gasteiger partial charge is 0.457 e. The van der Waals surface area contributed by atoms with E-state index in [0.717, 1.165) is 6.07 Å². The van der Waals surface area contributed by atoms with Crippen molar-refractivity contribution in [2.75, 3.05) is 7.05 Å². The number of ether oxygens (including phenoxy) is 1. The molecule has 0 saturated heterocycles. The molecule has 0 atom stereocenters. The Hall–Kier alpha value is -4.27. The van der Waals surface area contributed by atoms with Gasteiger partial charge >= 0.3 is 0 Å². The molecule has 8 nitrogen and oxygen atoms in total. The van der Waals surface area contributed by atoms with E-state index in [-0.39, 0.29) is 22.7 Å². The van der Waals surface area contributed by atoms with Gasteiger partial charge in [0.2, 0.25) is 0 Å². The highest BCUT2D eigenvalue weighted by Gasteiger charge is 2.11. The molecule has 152 valence electrons. The van der Waals surface area contributed by atoms with Crippen LogP contribution in [-0.4, -0.2) is 29.8 Å². The lowest BCUT2D eigenvalue weighted by molar-refractivity contribution is 0.0846. The normalized spacial score (nSPS) is 10.1. The Balaban J connectivity index is 1.65. The third-order valence-electron chi connectivity index (χ3n) is 3.90. The van der Waals surface area contributed by atoms with Gasteiger partial charge in [-0.2, -0.15) is 0 Å². The lowest BCUT2D eigenvalue weighted by atomic mass is 10.2. The molecule has 0 aliphatic carbocycles. The molecule has 0 aliphatic heterocycles. The molecule has 3 amide bonds. The fraction of sp³-hybridized carbons (Fsp3) is 0.0476. The first-order chi connectivity index (χ1) is 14.5. The summed E-state index contributed by atoms with van der Waals surface area (Å²) in [7, 11) is 1.49. The van der Waals surface area contributed by atoms with Gasteiger partial charge < -0.3 is 10.1 Å². The molecule has 3 N–H and O–H groups in total. The van der Waals surface area contributed by atoms with Gasteiger partial charge in [0.15, 0.2) is 0 Å². The fourth-order valence-electron chi connectivity index (χ4n) is 2.45. The Morgan fingerprint density at radius 3 is 2.13 bits per heavy atom. The van der Waals surface area contributed by atoms with Crippen LogP contribution >= 0.6 is 0 Å². The van der Waals surface area contributed by atoms with Crippen molar-refractivity contribution in [3.05, 3.63) is 89.5 Å². The molecule has 1 aromatic heterocycles. The lowest BCUT2D eigenvalue weighted by Crippen LogP contribution is -2.41. The van der Waals surface area contributed by atoms with Crippen LogP contribution in [0.25, 0.3) is 0 Å². The van der Waals surface area contributed by atoms with Gasteiger partial charge in [-0.15, -0.1) is 0 Å². The molecule has 3 aromatic rings. The lowest BCUT2D eigenvalue weighted by Gasteiger charge is -2.10. The predicted molar refractivity (Wildman–Crippen MR) is 105 cm³/mol. The maximum atomic E-state index is 13.2. The monoisotopic (exact) mass is 408 g/mol. The molecular weight excluding hydrogens is 391 g/mol. The van der Waals surface area contributed by atoms with Gasteiger partial charge in [-0.3, -0.25) is 30.2 Å². The summed E-state index contributed by atoms with van der Waals surface area (Å²) in [5.74, 6) is -1.47. The first-order valence-corrected chi connectivity index (χ1v) is 8.78. The van der Waals surface area contributed by atoms with Gasteiger partial charge in [0, 0.05) is 30.4 Å². The summed E-state index contributed by atoms with van der Waals surface area (Å²) in [5.41, 5.74) is 4.95. The summed E-state index contributed by atoms with van der Waals surface area (Å²) in [4.78, 5) is 39.9. The molecule has 0 unspecified atom stereocenters. The number of rotatable bonds is 5. The van der Waals surface area contributed by atoms with Crippen LogP contribution in [0.15, 0.2) is 66.9 Å². The summed E-state index contributed by atoms with van der Waals surface area (Å²) in [5, 5.41) is 2.47. The molecule has 0 aliphatic rings. The van der Waals surface area contributed by atoms with Crippen LogP contribution in [0.2, 0.25) is 0 Å². The minimum absolute atomic E-state index is 0.0667. The van der Waals surface area contributed by atoms with Crippen LogP contribution < -0.4 is 20.9 Å². The molecule has 0 bridgehead atoms. The van der Waals surface area contributed by atoms with Gasteiger partial charge in [-0.1, -0.05) is 12.1 Å². The van der Waals surface area contributed by atoms with E-state index < -0.39 is 17.6 Å². The van der Waals surface area contributed by atoms with Crippen molar-refractivity contribution >= 4 is 17.7 Å². The van der Waals surface area contributed by atoms with Crippen molar-refractivity contribution < 1.29 is 23.5 Å². The Morgan fingerprint density at radius 1 is 0.833 bits per heavy atom. The highest BCUT2D eigenvalue weighted by molar-refractivity contribution is 5.99. The summed E-state index contributed by atoms with van der Waals surface area (Å²) < 4.78 is 18.9. The van der Waals surface area contributed by atoms with Crippen LogP contribution in [0.4, 0.5) is 4.39 Å². The van der Waals surface area contributed by atoms with Crippen LogP contribution in [-0.2, 0) is 0 Å². The second kappa shape index (κ2) is 9.28. The Morgan fingerprint density at radius 2 is 1.47 bits per heavy atom. The van der Waals surface area contributed by atoms with E-state index in [2.05, 4.69) is 21.2 Å². The molecule has 2 aromatic carbocycles. The third kappa shape index (κ3) is 5.16. The van der Waals surface area contributed by atoms with Crippen molar-refractivity contribution in [1.82, 2.24) is 21.2 Å². The van der Waals surface area contributed by atoms with Crippen LogP contribution in [0, 0.1) is 5.82 Å². The number of benzene rings is 2. The van der Waals surface area contributed by atoms with Gasteiger partial charge in [0.25, 0.3) is 17.7 Å². The van der Waals surface area contributed by atoms with E-state index >= 15 is 0 Å². The number of hydrogen-bond donors (Lipinski definition) is 3. The molecule has 0 radical (unpaired) electrons. The molecule has 3 rings (SSSR count). The number of nitrogens with one attached hydrogen (secondary N) is 3. The van der Waals surface area contributed by atoms with E-state index in [0.29, 0.717) is 11.5 Å². The fourth-order valence-corrected chi connectivity index (χ4v) is 2.45. The number of halogens is 1. The molecule has 0 spiro atoms. The quantitative estimate of drug-likeness (QED) is 0.562. The predicted octanol–water partition coefficient (Wildman–Crippen LogP) is 2.45. The third-order valence-corrected chi connectivity index (χ3v) is 3.90. The van der Waals surface area contributed by atoms with E-state index in [1.54, 1.807) is 18.2 Å². The van der Waals surface area contributed by atoms with E-state index in [9.17, 15) is 18.8 Å². The van der Waals surface area contributed by atoms with Crippen molar-refractivity contribution in [3.63, 3.8) is 0 Å². The number of amides is 3. The number of hydrogen-bond acceptors (Lipinski definition) is 5. The Labute approximate surface area is 171 Å². The van der Waals surface area contributed by atoms with E-state index in [1.165, 1.54) is 49.6 Å². The highest BCUT2D eigenvalue weighted by atomic mass is 19.1. The summed E-state index contributed by atoms with van der Waals surface area (Å²) in [6.07, 6.45) is 1.43. The SMILES string of the molecule is CNC(=O)c1cc(Oc2cccc(C(=O)NNC(=O)c3cccc(F)c3)c2)ccn1. The number of nitrogens with zero attached hydrogens (tertiary/aromatic N) is 1. The Kier molecular flexibility index (Phi) is 6.33. The van der Waals surface area contributed by atoms with Gasteiger partial charge in [-0.25, -0.2) is 4.39 Å². The van der Waals surface area contributed by atoms with Crippen molar-refractivity contribution in [1.29, 1.82) is 0 Å². The van der Waals surface area contributed by atoms with Crippen LogP contribution in [0.5, 0.6) is 11.5 Å². The maximum Gasteiger partial charge on any atom is 0.269 e. The van der Waals surface area contributed by atoms with Crippen LogP contribution in [0.1, 0.15) is 31.2 Å². The maximum absolute atomic E-state index is 13.2. The zero-order chi connectivity index (χ0) is 21.5. The molecule has 0 fully saturated rings. The average molecular weight is 408 g/mol. The van der Waals surface area contributed by atoms with E-state index in [4.69, 9.17) is 4.74 Å². The van der Waals surface area contributed by atoms with E-state index in [1.807, 2.05) is 0 Å². The number of aromatic nitrogens is 1. The smallest absolute Gasteiger partial charge is 0.269 e. The zero-order valence-electron chi connectivity index (χ0n) is 15.8. The molecular formula is C21H17FN4O4. The topological polar surface area (TPSA) is 109 Å². The standard InChI is InChI=1S/C21H17FN4O4/c1-23-21(29)18-12-17(8-9-24-18)30-16-7-3-5-14(11-16)20(28)26-25-19(27)13-4-2-6-15(22)10-13/h2-12H,1H3,(H,23,29)(H,25,27)(H,26,28). The number of carbonyl (C=O) groups is 3. The summed E-state index contributed by atoms with van der Waals surface area (Å²) in [6.45, 7) is 0. The zero-order valence-corrected chi connectivity index (χ0v) is 15.8. The average Bonchev–Trinajstić information content (AvgIpc) is 2.77. The molecule has 0 saturated carbocycles. The Bertz CT molecular complexity index is 1100. The van der Waals surface area contributed by atoms with Crippen molar-refractivity contribution in [2.45, 2.75) is 0 Å². The summed E-state index contributed by atoms with van der Waals surface area (Å²) >= 11 is 0. The van der Waals surface area contributed by atoms with Crippen molar-refractivity contribution in [3.8, 4) is 11.5 Å². The van der Waals surface area contributed by atoms with Crippen molar-refractivity contribution in [2.24, 2.45) is 0 Å². The highest BCUT2D eigenvalue weighted by Crippen LogP contribution is 2.22. The first-order valence-electron chi connectivity index (χ1n) is 8.78.